The average Bonchev–Trinajstić information content (AvgIpc) is 2.83. The molecule has 2 aromatic rings. The van der Waals surface area contributed by atoms with Gasteiger partial charge >= 0.3 is 12.0 Å². The summed E-state index contributed by atoms with van der Waals surface area (Å²) in [5, 5.41) is 12.6. The van der Waals surface area contributed by atoms with E-state index in [4.69, 9.17) is 21.1 Å². The second-order valence-electron chi connectivity index (χ2n) is 8.02. The van der Waals surface area contributed by atoms with Crippen LogP contribution in [0, 0.1) is 5.92 Å². The Labute approximate surface area is 207 Å². The molecule has 186 valence electrons. The third-order valence-electron chi connectivity index (χ3n) is 5.65. The molecule has 0 aromatic heterocycles. The molecule has 0 spiro atoms. The summed E-state index contributed by atoms with van der Waals surface area (Å²) in [7, 11) is 0. The van der Waals surface area contributed by atoms with Gasteiger partial charge in [-0.3, -0.25) is 0 Å². The van der Waals surface area contributed by atoms with Crippen LogP contribution in [0.4, 0.5) is 10.5 Å². The number of carbonyl (C=O) groups is 2. The second kappa shape index (κ2) is 14.5. The van der Waals surface area contributed by atoms with E-state index in [0.717, 1.165) is 18.4 Å². The Morgan fingerprint density at radius 3 is 2.32 bits per heavy atom. The highest BCUT2D eigenvalue weighted by Gasteiger charge is 2.19. The normalized spacial score (nSPS) is 11.8. The number of hydrogen-bond donors (Lipinski definition) is 2. The van der Waals surface area contributed by atoms with Crippen molar-refractivity contribution >= 4 is 29.3 Å². The van der Waals surface area contributed by atoms with E-state index in [0.29, 0.717) is 48.7 Å². The van der Waals surface area contributed by atoms with Crippen LogP contribution in [-0.4, -0.2) is 54.4 Å². The number of nitrogens with one attached hydrogen (secondary N) is 1. The maximum atomic E-state index is 13.0. The molecule has 7 nitrogen and oxygen atoms in total. The molecule has 0 aliphatic rings. The summed E-state index contributed by atoms with van der Waals surface area (Å²) in [6, 6.07) is 14.2. The van der Waals surface area contributed by atoms with Gasteiger partial charge in [0.2, 0.25) is 0 Å². The van der Waals surface area contributed by atoms with E-state index in [1.54, 1.807) is 36.1 Å². The highest BCUT2D eigenvalue weighted by Crippen LogP contribution is 2.21. The first-order chi connectivity index (χ1) is 16.4. The number of aliphatic carboxylic acids is 1. The molecule has 2 aromatic carbocycles. The molecule has 0 bridgehead atoms. The van der Waals surface area contributed by atoms with Gasteiger partial charge in [0, 0.05) is 19.6 Å². The number of anilines is 1. The van der Waals surface area contributed by atoms with Crippen LogP contribution in [0.5, 0.6) is 5.75 Å². The molecule has 0 radical (unpaired) electrons. The molecule has 0 heterocycles. The third-order valence-corrected chi connectivity index (χ3v) is 5.98. The van der Waals surface area contributed by atoms with Crippen LogP contribution in [0.3, 0.4) is 0 Å². The van der Waals surface area contributed by atoms with Crippen molar-refractivity contribution < 1.29 is 24.2 Å². The van der Waals surface area contributed by atoms with Gasteiger partial charge in [-0.2, -0.15) is 0 Å². The first kappa shape index (κ1) is 27.5. The molecule has 1 unspecified atom stereocenters. The quantitative estimate of drug-likeness (QED) is 0.353. The minimum absolute atomic E-state index is 0.213. The predicted octanol–water partition coefficient (Wildman–Crippen LogP) is 5.72. The number of para-hydroxylation sites is 1. The lowest BCUT2D eigenvalue weighted by Gasteiger charge is -2.27. The largest absolute Gasteiger partial charge is 0.492 e. The van der Waals surface area contributed by atoms with Crippen LogP contribution in [0.25, 0.3) is 0 Å². The first-order valence-electron chi connectivity index (χ1n) is 11.7. The third kappa shape index (κ3) is 8.88. The van der Waals surface area contributed by atoms with Gasteiger partial charge in [0.15, 0.2) is 6.10 Å². The summed E-state index contributed by atoms with van der Waals surface area (Å²) < 4.78 is 11.1. The minimum atomic E-state index is -0.977. The molecule has 0 aliphatic heterocycles. The van der Waals surface area contributed by atoms with E-state index in [2.05, 4.69) is 19.2 Å². The highest BCUT2D eigenvalue weighted by atomic mass is 35.5. The topological polar surface area (TPSA) is 88.1 Å². The number of carboxylic acid groups (broad SMARTS) is 1. The fourth-order valence-corrected chi connectivity index (χ4v) is 3.70. The van der Waals surface area contributed by atoms with Crippen molar-refractivity contribution in [2.75, 3.05) is 31.6 Å². The van der Waals surface area contributed by atoms with Crippen molar-refractivity contribution in [3.8, 4) is 5.75 Å². The number of ether oxygens (including phenoxy) is 2. The van der Waals surface area contributed by atoms with E-state index in [1.807, 2.05) is 24.3 Å². The Kier molecular flexibility index (Phi) is 11.7. The Hall–Kier alpha value is -2.77. The van der Waals surface area contributed by atoms with Crippen molar-refractivity contribution in [1.82, 2.24) is 4.90 Å². The monoisotopic (exact) mass is 490 g/mol. The van der Waals surface area contributed by atoms with E-state index in [1.165, 1.54) is 0 Å². The minimum Gasteiger partial charge on any atom is -0.492 e. The lowest BCUT2D eigenvalue weighted by molar-refractivity contribution is -0.149. The standard InChI is InChI=1S/C26H35ClN2O5/c1-4-19(5-2)18-29(26(32)28-23-10-8-7-9-22(23)27)15-16-34-21-13-11-20(12-14-21)17-24(25(30)31)33-6-3/h7-14,19,24H,4-6,15-18H2,1-3H3,(H,28,32)(H,30,31). The molecular formula is C26H35ClN2O5. The van der Waals surface area contributed by atoms with Gasteiger partial charge in [-0.25, -0.2) is 9.59 Å². The molecule has 2 amide bonds. The van der Waals surface area contributed by atoms with Gasteiger partial charge in [-0.1, -0.05) is 62.6 Å². The van der Waals surface area contributed by atoms with Gasteiger partial charge in [-0.05, 0) is 42.7 Å². The molecule has 2 N–H and O–H groups in total. The van der Waals surface area contributed by atoms with E-state index in [9.17, 15) is 14.7 Å². The predicted molar refractivity (Wildman–Crippen MR) is 135 cm³/mol. The molecular weight excluding hydrogens is 456 g/mol. The lowest BCUT2D eigenvalue weighted by Crippen LogP contribution is -2.41. The number of hydrogen-bond acceptors (Lipinski definition) is 4. The zero-order valence-electron chi connectivity index (χ0n) is 20.1. The average molecular weight is 491 g/mol. The molecule has 0 fully saturated rings. The number of urea groups is 1. The van der Waals surface area contributed by atoms with Gasteiger partial charge in [0.05, 0.1) is 17.3 Å². The van der Waals surface area contributed by atoms with Gasteiger partial charge < -0.3 is 24.8 Å². The number of rotatable bonds is 14. The summed E-state index contributed by atoms with van der Waals surface area (Å²) in [5.74, 6) is 0.0691. The maximum Gasteiger partial charge on any atom is 0.333 e. The summed E-state index contributed by atoms with van der Waals surface area (Å²) >= 11 is 6.20. The van der Waals surface area contributed by atoms with Gasteiger partial charge in [0.25, 0.3) is 0 Å². The Bertz CT molecular complexity index is 902. The number of carbonyl (C=O) groups excluding carboxylic acids is 1. The Morgan fingerprint density at radius 1 is 1.06 bits per heavy atom. The summed E-state index contributed by atoms with van der Waals surface area (Å²) in [6.07, 6.45) is 1.38. The van der Waals surface area contributed by atoms with Crippen LogP contribution in [0.2, 0.25) is 5.02 Å². The SMILES string of the molecule is CCOC(Cc1ccc(OCCN(CC(CC)CC)C(=O)Nc2ccccc2Cl)cc1)C(=O)O. The highest BCUT2D eigenvalue weighted by molar-refractivity contribution is 6.33. The molecule has 0 saturated carbocycles. The van der Waals surface area contributed by atoms with Crippen molar-refractivity contribution in [2.24, 2.45) is 5.92 Å². The smallest absolute Gasteiger partial charge is 0.333 e. The summed E-state index contributed by atoms with van der Waals surface area (Å²) in [5.41, 5.74) is 1.43. The van der Waals surface area contributed by atoms with Crippen LogP contribution >= 0.6 is 11.6 Å². The zero-order chi connectivity index (χ0) is 24.9. The molecule has 8 heteroatoms. The fraction of sp³-hybridized carbons (Fsp3) is 0.462. The van der Waals surface area contributed by atoms with Crippen molar-refractivity contribution in [3.63, 3.8) is 0 Å². The molecule has 0 saturated heterocycles. The second-order valence-corrected chi connectivity index (χ2v) is 8.42. The Balaban J connectivity index is 1.96. The number of carboxylic acids is 1. The van der Waals surface area contributed by atoms with E-state index >= 15 is 0 Å². The molecule has 2 rings (SSSR count). The van der Waals surface area contributed by atoms with Crippen molar-refractivity contribution in [3.05, 3.63) is 59.1 Å². The van der Waals surface area contributed by atoms with Crippen LogP contribution in [-0.2, 0) is 16.0 Å². The number of halogens is 1. The first-order valence-corrected chi connectivity index (χ1v) is 12.1. The molecule has 0 aliphatic carbocycles. The number of nitrogens with zero attached hydrogens (tertiary/aromatic N) is 1. The van der Waals surface area contributed by atoms with E-state index in [-0.39, 0.29) is 12.5 Å². The van der Waals surface area contributed by atoms with Gasteiger partial charge in [-0.15, -0.1) is 0 Å². The van der Waals surface area contributed by atoms with Crippen LogP contribution < -0.4 is 10.1 Å². The summed E-state index contributed by atoms with van der Waals surface area (Å²) in [4.78, 5) is 26.0. The lowest BCUT2D eigenvalue weighted by atomic mass is 10.0. The maximum absolute atomic E-state index is 13.0. The van der Waals surface area contributed by atoms with Crippen LogP contribution in [0.15, 0.2) is 48.5 Å². The molecule has 1 atom stereocenters. The number of amides is 2. The van der Waals surface area contributed by atoms with Gasteiger partial charge in [0.1, 0.15) is 12.4 Å². The Morgan fingerprint density at radius 2 is 1.74 bits per heavy atom. The van der Waals surface area contributed by atoms with E-state index < -0.39 is 12.1 Å². The van der Waals surface area contributed by atoms with Crippen LogP contribution in [0.1, 0.15) is 39.2 Å². The summed E-state index contributed by atoms with van der Waals surface area (Å²) in [6.45, 7) is 7.73. The van der Waals surface area contributed by atoms with Crippen molar-refractivity contribution in [1.29, 1.82) is 0 Å². The molecule has 34 heavy (non-hydrogen) atoms. The zero-order valence-corrected chi connectivity index (χ0v) is 20.9. The van der Waals surface area contributed by atoms with Crippen molar-refractivity contribution in [2.45, 2.75) is 46.1 Å². The number of benzene rings is 2. The fourth-order valence-electron chi connectivity index (χ4n) is 3.52.